The van der Waals surface area contributed by atoms with Gasteiger partial charge in [0.25, 0.3) is 0 Å². The number of hydrogen-bond acceptors (Lipinski definition) is 3. The van der Waals surface area contributed by atoms with E-state index in [9.17, 15) is 9.59 Å². The first-order chi connectivity index (χ1) is 9.52. The third-order valence-electron chi connectivity index (χ3n) is 2.69. The summed E-state index contributed by atoms with van der Waals surface area (Å²) in [4.78, 5) is 23.6. The quantitative estimate of drug-likeness (QED) is 0.802. The molecular formula is C15H16N2O3. The molecule has 0 fully saturated rings. The Morgan fingerprint density at radius 3 is 2.85 bits per heavy atom. The summed E-state index contributed by atoms with van der Waals surface area (Å²) in [6.07, 6.45) is 3.52. The second kappa shape index (κ2) is 7.74. The molecule has 1 aromatic rings. The number of carbonyl (C=O) groups excluding carboxylic acids is 1. The Balaban J connectivity index is 2.54. The normalized spacial score (nSPS) is 10.2. The van der Waals surface area contributed by atoms with Gasteiger partial charge in [-0.2, -0.15) is 5.26 Å². The molecule has 20 heavy (non-hydrogen) atoms. The Kier molecular flexibility index (Phi) is 5.98. The molecule has 0 atom stereocenters. The number of benzene rings is 1. The van der Waals surface area contributed by atoms with Crippen molar-refractivity contribution in [3.05, 3.63) is 41.5 Å². The lowest BCUT2D eigenvalue weighted by Crippen LogP contribution is -2.26. The third kappa shape index (κ3) is 5.36. The van der Waals surface area contributed by atoms with Gasteiger partial charge < -0.3 is 10.0 Å². The molecule has 1 aromatic carbocycles. The maximum atomic E-state index is 11.8. The number of aliphatic carboxylic acids is 1. The minimum Gasteiger partial charge on any atom is -0.481 e. The predicted octanol–water partition coefficient (Wildman–Crippen LogP) is 1.89. The summed E-state index contributed by atoms with van der Waals surface area (Å²) in [5, 5.41) is 17.3. The standard InChI is InChI=1S/C15H16N2O3/c1-17(9-3-6-15(19)20)14(18)8-7-12-4-2-5-13(10-12)11-16/h2,4-5,7-8,10H,3,6,9H2,1H3,(H,19,20)/b8-7+. The number of likely N-dealkylation sites (N-methyl/N-ethyl adjacent to an activating group) is 1. The number of carbonyl (C=O) groups is 2. The number of carboxylic acids is 1. The van der Waals surface area contributed by atoms with Crippen LogP contribution in [0.15, 0.2) is 30.3 Å². The van der Waals surface area contributed by atoms with Crippen molar-refractivity contribution in [1.29, 1.82) is 5.26 Å². The molecule has 0 aliphatic heterocycles. The zero-order valence-electron chi connectivity index (χ0n) is 11.2. The van der Waals surface area contributed by atoms with Crippen LogP contribution in [0.3, 0.4) is 0 Å². The molecule has 1 amide bonds. The molecule has 0 aliphatic rings. The largest absolute Gasteiger partial charge is 0.481 e. The van der Waals surface area contributed by atoms with Gasteiger partial charge in [0.05, 0.1) is 11.6 Å². The lowest BCUT2D eigenvalue weighted by molar-refractivity contribution is -0.137. The molecule has 0 spiro atoms. The van der Waals surface area contributed by atoms with E-state index in [4.69, 9.17) is 10.4 Å². The van der Waals surface area contributed by atoms with E-state index in [1.54, 1.807) is 37.4 Å². The van der Waals surface area contributed by atoms with Gasteiger partial charge in [0, 0.05) is 26.1 Å². The second-order valence-corrected chi connectivity index (χ2v) is 4.33. The lowest BCUT2D eigenvalue weighted by atomic mass is 10.1. The van der Waals surface area contributed by atoms with Crippen LogP contribution in [-0.2, 0) is 9.59 Å². The predicted molar refractivity (Wildman–Crippen MR) is 74.7 cm³/mol. The number of nitriles is 1. The Labute approximate surface area is 117 Å². The van der Waals surface area contributed by atoms with Gasteiger partial charge >= 0.3 is 5.97 Å². The van der Waals surface area contributed by atoms with Crippen LogP contribution in [0.25, 0.3) is 6.08 Å². The van der Waals surface area contributed by atoms with E-state index in [-0.39, 0.29) is 12.3 Å². The molecule has 0 aliphatic carbocycles. The number of amides is 1. The van der Waals surface area contributed by atoms with Gasteiger partial charge in [0.15, 0.2) is 0 Å². The topological polar surface area (TPSA) is 81.4 Å². The van der Waals surface area contributed by atoms with Gasteiger partial charge in [-0.1, -0.05) is 12.1 Å². The van der Waals surface area contributed by atoms with Crippen LogP contribution >= 0.6 is 0 Å². The van der Waals surface area contributed by atoms with Gasteiger partial charge in [-0.3, -0.25) is 9.59 Å². The Morgan fingerprint density at radius 2 is 2.20 bits per heavy atom. The minimum atomic E-state index is -0.866. The van der Waals surface area contributed by atoms with Crippen LogP contribution < -0.4 is 0 Å². The summed E-state index contributed by atoms with van der Waals surface area (Å²) >= 11 is 0. The molecule has 0 heterocycles. The Morgan fingerprint density at radius 1 is 1.45 bits per heavy atom. The molecule has 1 rings (SSSR count). The highest BCUT2D eigenvalue weighted by molar-refractivity contribution is 5.91. The fraction of sp³-hybridized carbons (Fsp3) is 0.267. The number of carboxylic acid groups (broad SMARTS) is 1. The van der Waals surface area contributed by atoms with Gasteiger partial charge in [0.2, 0.25) is 5.91 Å². The average molecular weight is 272 g/mol. The summed E-state index contributed by atoms with van der Waals surface area (Å²) in [5.74, 6) is -1.06. The zero-order valence-corrected chi connectivity index (χ0v) is 11.2. The van der Waals surface area contributed by atoms with Crippen molar-refractivity contribution in [2.24, 2.45) is 0 Å². The maximum Gasteiger partial charge on any atom is 0.303 e. The molecule has 104 valence electrons. The highest BCUT2D eigenvalue weighted by atomic mass is 16.4. The molecule has 1 N–H and O–H groups in total. The summed E-state index contributed by atoms with van der Waals surface area (Å²) in [6.45, 7) is 0.397. The van der Waals surface area contributed by atoms with Gasteiger partial charge in [-0.05, 0) is 30.2 Å². The van der Waals surface area contributed by atoms with E-state index in [0.717, 1.165) is 5.56 Å². The van der Waals surface area contributed by atoms with Gasteiger partial charge in [0.1, 0.15) is 0 Å². The van der Waals surface area contributed by atoms with Crippen LogP contribution in [0.2, 0.25) is 0 Å². The van der Waals surface area contributed by atoms with Crippen molar-refractivity contribution < 1.29 is 14.7 Å². The molecule has 5 nitrogen and oxygen atoms in total. The fourth-order valence-corrected chi connectivity index (χ4v) is 1.58. The highest BCUT2D eigenvalue weighted by Crippen LogP contribution is 2.06. The first-order valence-electron chi connectivity index (χ1n) is 6.18. The average Bonchev–Trinajstić information content (AvgIpc) is 2.44. The molecule has 5 heteroatoms. The van der Waals surface area contributed by atoms with Crippen LogP contribution in [0, 0.1) is 11.3 Å². The summed E-state index contributed by atoms with van der Waals surface area (Å²) in [5.41, 5.74) is 1.31. The fourth-order valence-electron chi connectivity index (χ4n) is 1.58. The lowest BCUT2D eigenvalue weighted by Gasteiger charge is -2.13. The minimum absolute atomic E-state index is 0.0472. The molecule has 0 bridgehead atoms. The van der Waals surface area contributed by atoms with E-state index in [1.807, 2.05) is 6.07 Å². The van der Waals surface area contributed by atoms with Crippen LogP contribution in [0.4, 0.5) is 0 Å². The van der Waals surface area contributed by atoms with Gasteiger partial charge in [-0.15, -0.1) is 0 Å². The van der Waals surface area contributed by atoms with Crippen molar-refractivity contribution in [3.8, 4) is 6.07 Å². The molecular weight excluding hydrogens is 256 g/mol. The zero-order chi connectivity index (χ0) is 15.0. The third-order valence-corrected chi connectivity index (χ3v) is 2.69. The van der Waals surface area contributed by atoms with E-state index >= 15 is 0 Å². The molecule has 0 saturated heterocycles. The number of nitrogens with zero attached hydrogens (tertiary/aromatic N) is 2. The summed E-state index contributed by atoms with van der Waals surface area (Å²) in [6, 6.07) is 8.96. The number of rotatable bonds is 6. The van der Waals surface area contributed by atoms with Crippen molar-refractivity contribution in [2.75, 3.05) is 13.6 Å². The van der Waals surface area contributed by atoms with Gasteiger partial charge in [-0.25, -0.2) is 0 Å². The van der Waals surface area contributed by atoms with E-state index in [1.165, 1.54) is 11.0 Å². The molecule has 0 saturated carbocycles. The van der Waals surface area contributed by atoms with Crippen LogP contribution in [0.1, 0.15) is 24.0 Å². The van der Waals surface area contributed by atoms with E-state index in [0.29, 0.717) is 18.5 Å². The van der Waals surface area contributed by atoms with Crippen molar-refractivity contribution in [1.82, 2.24) is 4.90 Å². The molecule has 0 aromatic heterocycles. The van der Waals surface area contributed by atoms with E-state index in [2.05, 4.69) is 0 Å². The van der Waals surface area contributed by atoms with Crippen molar-refractivity contribution >= 4 is 18.0 Å². The van der Waals surface area contributed by atoms with E-state index < -0.39 is 5.97 Å². The first-order valence-corrected chi connectivity index (χ1v) is 6.18. The Hall–Kier alpha value is -2.61. The van der Waals surface area contributed by atoms with Crippen LogP contribution in [0.5, 0.6) is 0 Å². The second-order valence-electron chi connectivity index (χ2n) is 4.33. The highest BCUT2D eigenvalue weighted by Gasteiger charge is 2.05. The summed E-state index contributed by atoms with van der Waals surface area (Å²) < 4.78 is 0. The Bertz CT molecular complexity index is 558. The van der Waals surface area contributed by atoms with Crippen molar-refractivity contribution in [3.63, 3.8) is 0 Å². The summed E-state index contributed by atoms with van der Waals surface area (Å²) in [7, 11) is 1.63. The maximum absolute atomic E-state index is 11.8. The smallest absolute Gasteiger partial charge is 0.303 e. The van der Waals surface area contributed by atoms with Crippen LogP contribution in [-0.4, -0.2) is 35.5 Å². The molecule has 0 radical (unpaired) electrons. The number of hydrogen-bond donors (Lipinski definition) is 1. The van der Waals surface area contributed by atoms with Crippen molar-refractivity contribution in [2.45, 2.75) is 12.8 Å². The SMILES string of the molecule is CN(CCCC(=O)O)C(=O)/C=C/c1cccc(C#N)c1. The molecule has 0 unspecified atom stereocenters. The first kappa shape index (κ1) is 15.4. The monoisotopic (exact) mass is 272 g/mol.